The van der Waals surface area contributed by atoms with Crippen molar-refractivity contribution in [2.75, 3.05) is 7.11 Å². The van der Waals surface area contributed by atoms with Gasteiger partial charge in [-0.1, -0.05) is 12.8 Å². The van der Waals surface area contributed by atoms with Crippen molar-refractivity contribution in [3.05, 3.63) is 0 Å². The molecule has 0 aromatic heterocycles. The Morgan fingerprint density at radius 2 is 1.94 bits per heavy atom. The number of carboxylic acid groups (broad SMARTS) is 1. The van der Waals surface area contributed by atoms with E-state index < -0.39 is 39.7 Å². The highest BCUT2D eigenvalue weighted by atomic mass is 32.2. The number of ether oxygens (including phenoxy) is 1. The van der Waals surface area contributed by atoms with Crippen LogP contribution in [0, 0.1) is 0 Å². The van der Waals surface area contributed by atoms with Crippen LogP contribution in [0.2, 0.25) is 0 Å². The number of hydrogen-bond donors (Lipinski definition) is 2. The van der Waals surface area contributed by atoms with Gasteiger partial charge in [0.05, 0.1) is 18.8 Å². The highest BCUT2D eigenvalue weighted by molar-refractivity contribution is 7.90. The maximum atomic E-state index is 11.9. The maximum absolute atomic E-state index is 11.9. The van der Waals surface area contributed by atoms with Gasteiger partial charge in [0.15, 0.2) is 0 Å². The number of hydrogen-bond acceptors (Lipinski definition) is 5. The van der Waals surface area contributed by atoms with E-state index in [1.165, 1.54) is 0 Å². The first-order valence-electron chi connectivity index (χ1n) is 5.67. The Bertz CT molecular complexity index is 412. The third-order valence-electron chi connectivity index (χ3n) is 2.94. The van der Waals surface area contributed by atoms with E-state index in [2.05, 4.69) is 9.46 Å². The van der Waals surface area contributed by atoms with Gasteiger partial charge in [-0.15, -0.1) is 0 Å². The fourth-order valence-corrected chi connectivity index (χ4v) is 3.65. The number of aliphatic carboxylic acids is 1. The van der Waals surface area contributed by atoms with Gasteiger partial charge in [-0.25, -0.2) is 13.1 Å². The molecule has 1 rings (SSSR count). The summed E-state index contributed by atoms with van der Waals surface area (Å²) in [5, 5.41) is 8.33. The lowest BCUT2D eigenvalue weighted by Crippen LogP contribution is -2.45. The van der Waals surface area contributed by atoms with Crippen LogP contribution in [0.25, 0.3) is 0 Å². The van der Waals surface area contributed by atoms with Gasteiger partial charge in [0.2, 0.25) is 10.0 Å². The first-order valence-corrected chi connectivity index (χ1v) is 7.22. The lowest BCUT2D eigenvalue weighted by atomic mass is 10.2. The second-order valence-corrected chi connectivity index (χ2v) is 6.23. The van der Waals surface area contributed by atoms with Crippen molar-refractivity contribution in [3.8, 4) is 0 Å². The first kappa shape index (κ1) is 14.9. The molecule has 0 saturated heterocycles. The lowest BCUT2D eigenvalue weighted by Gasteiger charge is -2.17. The lowest BCUT2D eigenvalue weighted by molar-refractivity contribution is -0.147. The number of sulfonamides is 1. The van der Waals surface area contributed by atoms with Crippen LogP contribution in [0.3, 0.4) is 0 Å². The van der Waals surface area contributed by atoms with Crippen molar-refractivity contribution in [2.24, 2.45) is 0 Å². The summed E-state index contributed by atoms with van der Waals surface area (Å²) in [5.41, 5.74) is 0. The smallest absolute Gasteiger partial charge is 0.322 e. The SMILES string of the molecule is COC(=O)C[C@H](NS(=O)(=O)C1CCCC1)C(=O)O. The normalized spacial score (nSPS) is 18.5. The van der Waals surface area contributed by atoms with Gasteiger partial charge in [-0.05, 0) is 12.8 Å². The summed E-state index contributed by atoms with van der Waals surface area (Å²) in [4.78, 5) is 21.9. The number of carbonyl (C=O) groups excluding carboxylic acids is 1. The van der Waals surface area contributed by atoms with Gasteiger partial charge in [0.25, 0.3) is 0 Å². The van der Waals surface area contributed by atoms with Crippen LogP contribution in [0.15, 0.2) is 0 Å². The molecule has 1 fully saturated rings. The van der Waals surface area contributed by atoms with E-state index in [-0.39, 0.29) is 0 Å². The van der Waals surface area contributed by atoms with Crippen LogP contribution in [-0.4, -0.2) is 43.9 Å². The quantitative estimate of drug-likeness (QED) is 0.655. The average molecular weight is 279 g/mol. The second-order valence-electron chi connectivity index (χ2n) is 4.24. The predicted octanol–water partition coefficient (Wildman–Crippen LogP) is -0.135. The molecule has 0 bridgehead atoms. The predicted molar refractivity (Wildman–Crippen MR) is 62.4 cm³/mol. The summed E-state index contributed by atoms with van der Waals surface area (Å²) in [6, 6.07) is -1.47. The summed E-state index contributed by atoms with van der Waals surface area (Å²) in [5.74, 6) is -2.15. The zero-order valence-electron chi connectivity index (χ0n) is 10.1. The van der Waals surface area contributed by atoms with Crippen molar-refractivity contribution in [1.82, 2.24) is 4.72 Å². The molecular weight excluding hydrogens is 262 g/mol. The fraction of sp³-hybridized carbons (Fsp3) is 0.800. The Kier molecular flexibility index (Phi) is 5.09. The molecule has 1 aliphatic carbocycles. The molecule has 18 heavy (non-hydrogen) atoms. The van der Waals surface area contributed by atoms with E-state index in [1.54, 1.807) is 0 Å². The number of carboxylic acids is 1. The molecule has 0 aromatic carbocycles. The second kappa shape index (κ2) is 6.14. The van der Waals surface area contributed by atoms with E-state index in [1.807, 2.05) is 0 Å². The molecule has 8 heteroatoms. The molecule has 0 unspecified atom stereocenters. The fourth-order valence-electron chi connectivity index (χ4n) is 1.92. The monoisotopic (exact) mass is 279 g/mol. The number of esters is 1. The van der Waals surface area contributed by atoms with Crippen molar-refractivity contribution in [2.45, 2.75) is 43.4 Å². The van der Waals surface area contributed by atoms with E-state index in [0.717, 1.165) is 20.0 Å². The molecule has 7 nitrogen and oxygen atoms in total. The highest BCUT2D eigenvalue weighted by Gasteiger charge is 2.33. The van der Waals surface area contributed by atoms with Crippen molar-refractivity contribution < 1.29 is 27.9 Å². The van der Waals surface area contributed by atoms with Crippen molar-refractivity contribution in [1.29, 1.82) is 0 Å². The highest BCUT2D eigenvalue weighted by Crippen LogP contribution is 2.24. The van der Waals surface area contributed by atoms with E-state index in [0.29, 0.717) is 12.8 Å². The first-order chi connectivity index (χ1) is 8.36. The molecule has 1 aliphatic rings. The molecule has 104 valence electrons. The molecule has 1 saturated carbocycles. The molecule has 0 radical (unpaired) electrons. The van der Waals surface area contributed by atoms with Gasteiger partial charge in [-0.3, -0.25) is 9.59 Å². The van der Waals surface area contributed by atoms with Gasteiger partial charge in [-0.2, -0.15) is 0 Å². The number of rotatable bonds is 6. The molecular formula is C10H17NO6S. The van der Waals surface area contributed by atoms with E-state index >= 15 is 0 Å². The molecule has 0 heterocycles. The van der Waals surface area contributed by atoms with Gasteiger partial charge < -0.3 is 9.84 Å². The van der Waals surface area contributed by atoms with Gasteiger partial charge >= 0.3 is 11.9 Å². The van der Waals surface area contributed by atoms with Gasteiger partial charge in [0.1, 0.15) is 6.04 Å². The standard InChI is InChI=1S/C10H17NO6S/c1-17-9(12)6-8(10(13)14)11-18(15,16)7-4-2-3-5-7/h7-8,11H,2-6H2,1H3,(H,13,14)/t8-/m0/s1. The van der Waals surface area contributed by atoms with Gasteiger partial charge in [0, 0.05) is 0 Å². The minimum absolute atomic E-state index is 0.516. The summed E-state index contributed by atoms with van der Waals surface area (Å²) >= 11 is 0. The number of carbonyl (C=O) groups is 2. The zero-order valence-corrected chi connectivity index (χ0v) is 10.9. The molecule has 2 N–H and O–H groups in total. The molecule has 0 amide bonds. The minimum atomic E-state index is -3.70. The number of nitrogens with one attached hydrogen (secondary N) is 1. The van der Waals surface area contributed by atoms with E-state index in [9.17, 15) is 18.0 Å². The Balaban J connectivity index is 2.70. The van der Waals surface area contributed by atoms with Crippen LogP contribution >= 0.6 is 0 Å². The largest absolute Gasteiger partial charge is 0.480 e. The van der Waals surface area contributed by atoms with Crippen LogP contribution < -0.4 is 4.72 Å². The van der Waals surface area contributed by atoms with Crippen molar-refractivity contribution in [3.63, 3.8) is 0 Å². The van der Waals surface area contributed by atoms with Crippen LogP contribution in [0.4, 0.5) is 0 Å². The summed E-state index contributed by atoms with van der Waals surface area (Å²) in [6.07, 6.45) is 2.18. The topological polar surface area (TPSA) is 110 Å². The average Bonchev–Trinajstić information content (AvgIpc) is 2.81. The third-order valence-corrected chi connectivity index (χ3v) is 4.91. The maximum Gasteiger partial charge on any atom is 0.322 e. The molecule has 0 spiro atoms. The Hall–Kier alpha value is -1.15. The summed E-state index contributed by atoms with van der Waals surface area (Å²) < 4.78 is 30.2. The van der Waals surface area contributed by atoms with Crippen LogP contribution in [0.5, 0.6) is 0 Å². The molecule has 1 atom stereocenters. The Labute approximate surface area is 106 Å². The van der Waals surface area contributed by atoms with Crippen LogP contribution in [-0.2, 0) is 24.3 Å². The Morgan fingerprint density at radius 3 is 2.39 bits per heavy atom. The van der Waals surface area contributed by atoms with E-state index in [4.69, 9.17) is 5.11 Å². The zero-order chi connectivity index (χ0) is 13.8. The molecule has 0 aromatic rings. The molecule has 0 aliphatic heterocycles. The summed E-state index contributed by atoms with van der Waals surface area (Å²) in [6.45, 7) is 0. The number of methoxy groups -OCH3 is 1. The van der Waals surface area contributed by atoms with Crippen molar-refractivity contribution >= 4 is 22.0 Å². The minimum Gasteiger partial charge on any atom is -0.480 e. The third kappa shape index (κ3) is 3.95. The summed E-state index contributed by atoms with van der Waals surface area (Å²) in [7, 11) is -2.58. The van der Waals surface area contributed by atoms with Crippen LogP contribution in [0.1, 0.15) is 32.1 Å². The Morgan fingerprint density at radius 1 is 1.39 bits per heavy atom.